The Balaban J connectivity index is 1.73. The first kappa shape index (κ1) is 21.9. The topological polar surface area (TPSA) is 62.2 Å². The number of likely N-dealkylation sites (tertiary alicyclic amines) is 1. The van der Waals surface area contributed by atoms with Gasteiger partial charge in [-0.1, -0.05) is 6.92 Å². The van der Waals surface area contributed by atoms with Crippen LogP contribution in [0.3, 0.4) is 0 Å². The number of aryl methyl sites for hydroxylation is 1. The number of anilines is 1. The van der Waals surface area contributed by atoms with Crippen LogP contribution >= 0.6 is 0 Å². The molecule has 1 aliphatic rings. The molecule has 0 N–H and O–H groups in total. The van der Waals surface area contributed by atoms with E-state index in [0.29, 0.717) is 0 Å². The highest BCUT2D eigenvalue weighted by molar-refractivity contribution is 5.95. The number of hydrogen-bond donors (Lipinski definition) is 0. The molecule has 4 rings (SSSR count). The van der Waals surface area contributed by atoms with Gasteiger partial charge in [0.15, 0.2) is 0 Å². The van der Waals surface area contributed by atoms with Crippen molar-refractivity contribution in [1.82, 2.24) is 19.9 Å². The highest BCUT2D eigenvalue weighted by atomic mass is 16.2. The van der Waals surface area contributed by atoms with Gasteiger partial charge in [-0.05, 0) is 67.6 Å². The first-order chi connectivity index (χ1) is 15.6. The maximum Gasteiger partial charge on any atom is 0.254 e. The fraction of sp³-hybridized carbons (Fsp3) is 0.385. The summed E-state index contributed by atoms with van der Waals surface area (Å²) in [7, 11) is 4.00. The van der Waals surface area contributed by atoms with E-state index >= 15 is 0 Å². The minimum Gasteiger partial charge on any atom is -0.378 e. The van der Waals surface area contributed by atoms with E-state index in [-0.39, 0.29) is 11.9 Å². The van der Waals surface area contributed by atoms with Crippen molar-refractivity contribution < 1.29 is 4.79 Å². The zero-order valence-electron chi connectivity index (χ0n) is 19.2. The predicted molar refractivity (Wildman–Crippen MR) is 128 cm³/mol. The Labute approximate surface area is 190 Å². The molecule has 32 heavy (non-hydrogen) atoms. The van der Waals surface area contributed by atoms with Crippen molar-refractivity contribution in [2.75, 3.05) is 25.5 Å². The van der Waals surface area contributed by atoms with E-state index in [1.807, 2.05) is 66.5 Å². The SMILES string of the molecule is CCCc1ncc(-c2ccncc2)c(C2CCCCN2C(=O)c2ccc(N(C)C)cc2)n1. The van der Waals surface area contributed by atoms with Gasteiger partial charge in [-0.25, -0.2) is 9.97 Å². The molecule has 0 aliphatic carbocycles. The molecular weight excluding hydrogens is 398 g/mol. The van der Waals surface area contributed by atoms with E-state index in [2.05, 4.69) is 16.9 Å². The molecule has 1 aliphatic heterocycles. The second-order valence-electron chi connectivity index (χ2n) is 8.52. The van der Waals surface area contributed by atoms with Crippen molar-refractivity contribution in [2.45, 2.75) is 45.1 Å². The summed E-state index contributed by atoms with van der Waals surface area (Å²) in [6.07, 6.45) is 10.3. The molecular formula is C26H31N5O. The number of nitrogens with zero attached hydrogens (tertiary/aromatic N) is 5. The quantitative estimate of drug-likeness (QED) is 0.556. The highest BCUT2D eigenvalue weighted by Gasteiger charge is 2.32. The maximum atomic E-state index is 13.6. The average molecular weight is 430 g/mol. The lowest BCUT2D eigenvalue weighted by molar-refractivity contribution is 0.0606. The Morgan fingerprint density at radius 1 is 1.09 bits per heavy atom. The molecule has 0 saturated carbocycles. The molecule has 3 heterocycles. The number of aromatic nitrogens is 3. The van der Waals surface area contributed by atoms with Crippen LogP contribution in [0.5, 0.6) is 0 Å². The van der Waals surface area contributed by atoms with Gasteiger partial charge in [0.05, 0.1) is 11.7 Å². The second-order valence-corrected chi connectivity index (χ2v) is 8.52. The number of hydrogen-bond acceptors (Lipinski definition) is 5. The second kappa shape index (κ2) is 9.90. The lowest BCUT2D eigenvalue weighted by Crippen LogP contribution is -2.39. The predicted octanol–water partition coefficient (Wildman–Crippen LogP) is 4.92. The summed E-state index contributed by atoms with van der Waals surface area (Å²) >= 11 is 0. The fourth-order valence-corrected chi connectivity index (χ4v) is 4.31. The number of rotatable bonds is 6. The van der Waals surface area contributed by atoms with E-state index in [0.717, 1.165) is 72.5 Å². The zero-order valence-corrected chi connectivity index (χ0v) is 19.2. The van der Waals surface area contributed by atoms with Gasteiger partial charge in [0.1, 0.15) is 5.82 Å². The van der Waals surface area contributed by atoms with Crippen LogP contribution in [0.15, 0.2) is 55.0 Å². The highest BCUT2D eigenvalue weighted by Crippen LogP contribution is 2.36. The van der Waals surface area contributed by atoms with Crippen LogP contribution in [-0.2, 0) is 6.42 Å². The third-order valence-corrected chi connectivity index (χ3v) is 6.04. The van der Waals surface area contributed by atoms with Gasteiger partial charge in [0.2, 0.25) is 0 Å². The molecule has 0 radical (unpaired) electrons. The number of amides is 1. The summed E-state index contributed by atoms with van der Waals surface area (Å²) in [5.41, 5.74) is 4.77. The average Bonchev–Trinajstić information content (AvgIpc) is 2.84. The van der Waals surface area contributed by atoms with E-state index in [1.54, 1.807) is 12.4 Å². The number of carbonyl (C=O) groups excluding carboxylic acids is 1. The molecule has 166 valence electrons. The van der Waals surface area contributed by atoms with Crippen LogP contribution in [-0.4, -0.2) is 46.4 Å². The number of piperidine rings is 1. The summed E-state index contributed by atoms with van der Waals surface area (Å²) in [4.78, 5) is 31.4. The minimum atomic E-state index is -0.0634. The smallest absolute Gasteiger partial charge is 0.254 e. The number of pyridine rings is 1. The van der Waals surface area contributed by atoms with Crippen molar-refractivity contribution in [2.24, 2.45) is 0 Å². The van der Waals surface area contributed by atoms with Gasteiger partial charge >= 0.3 is 0 Å². The Morgan fingerprint density at radius 2 is 1.84 bits per heavy atom. The van der Waals surface area contributed by atoms with Gasteiger partial charge in [-0.2, -0.15) is 0 Å². The fourth-order valence-electron chi connectivity index (χ4n) is 4.31. The molecule has 6 nitrogen and oxygen atoms in total. The summed E-state index contributed by atoms with van der Waals surface area (Å²) < 4.78 is 0. The molecule has 6 heteroatoms. The number of carbonyl (C=O) groups is 1. The third-order valence-electron chi connectivity index (χ3n) is 6.04. The van der Waals surface area contributed by atoms with Gasteiger partial charge in [0, 0.05) is 62.5 Å². The lowest BCUT2D eigenvalue weighted by atomic mass is 9.93. The van der Waals surface area contributed by atoms with E-state index in [4.69, 9.17) is 4.98 Å². The molecule has 0 bridgehead atoms. The summed E-state index contributed by atoms with van der Waals surface area (Å²) in [5, 5.41) is 0. The molecule has 1 atom stereocenters. The molecule has 1 fully saturated rings. The molecule has 1 saturated heterocycles. The Morgan fingerprint density at radius 3 is 2.53 bits per heavy atom. The largest absolute Gasteiger partial charge is 0.378 e. The van der Waals surface area contributed by atoms with Crippen molar-refractivity contribution in [3.8, 4) is 11.1 Å². The minimum absolute atomic E-state index is 0.0634. The maximum absolute atomic E-state index is 13.6. The third kappa shape index (κ3) is 4.64. The van der Waals surface area contributed by atoms with Crippen LogP contribution < -0.4 is 4.90 Å². The molecule has 0 spiro atoms. The van der Waals surface area contributed by atoms with Crippen LogP contribution in [0.25, 0.3) is 11.1 Å². The van der Waals surface area contributed by atoms with Crippen LogP contribution in [0.1, 0.15) is 60.5 Å². The summed E-state index contributed by atoms with van der Waals surface area (Å²) in [6, 6.07) is 11.8. The molecule has 1 amide bonds. The van der Waals surface area contributed by atoms with Crippen molar-refractivity contribution in [3.63, 3.8) is 0 Å². The normalized spacial score (nSPS) is 16.1. The Kier molecular flexibility index (Phi) is 6.78. The van der Waals surface area contributed by atoms with Gasteiger partial charge < -0.3 is 9.80 Å². The van der Waals surface area contributed by atoms with Gasteiger partial charge in [-0.3, -0.25) is 9.78 Å². The monoisotopic (exact) mass is 429 g/mol. The van der Waals surface area contributed by atoms with Crippen LogP contribution in [0.2, 0.25) is 0 Å². The summed E-state index contributed by atoms with van der Waals surface area (Å²) in [5.74, 6) is 0.907. The van der Waals surface area contributed by atoms with Crippen molar-refractivity contribution in [1.29, 1.82) is 0 Å². The van der Waals surface area contributed by atoms with E-state index < -0.39 is 0 Å². The van der Waals surface area contributed by atoms with Crippen molar-refractivity contribution >= 4 is 11.6 Å². The Bertz CT molecular complexity index is 1050. The first-order valence-electron chi connectivity index (χ1n) is 11.4. The van der Waals surface area contributed by atoms with Gasteiger partial charge in [-0.15, -0.1) is 0 Å². The lowest BCUT2D eigenvalue weighted by Gasteiger charge is -2.36. The van der Waals surface area contributed by atoms with Crippen LogP contribution in [0, 0.1) is 0 Å². The van der Waals surface area contributed by atoms with Crippen molar-refractivity contribution in [3.05, 3.63) is 72.1 Å². The van der Waals surface area contributed by atoms with Gasteiger partial charge in [0.25, 0.3) is 5.91 Å². The summed E-state index contributed by atoms with van der Waals surface area (Å²) in [6.45, 7) is 2.87. The van der Waals surface area contributed by atoms with Crippen LogP contribution in [0.4, 0.5) is 5.69 Å². The zero-order chi connectivity index (χ0) is 22.5. The Hall–Kier alpha value is -3.28. The first-order valence-corrected chi connectivity index (χ1v) is 11.4. The van der Waals surface area contributed by atoms with E-state index in [9.17, 15) is 4.79 Å². The molecule has 1 aromatic carbocycles. The standard InChI is InChI=1S/C26H31N5O/c1-4-7-24-28-18-22(19-13-15-27-16-14-19)25(29-24)23-8-5-6-17-31(23)26(32)20-9-11-21(12-10-20)30(2)3/h9-16,18,23H,4-8,17H2,1-3H3. The molecule has 1 unspecified atom stereocenters. The number of benzene rings is 1. The van der Waals surface area contributed by atoms with E-state index in [1.165, 1.54) is 0 Å². The molecule has 2 aromatic heterocycles. The molecule has 3 aromatic rings.